The molecule has 0 radical (unpaired) electrons. The van der Waals surface area contributed by atoms with Crippen molar-refractivity contribution in [2.45, 2.75) is 19.9 Å². The molecule has 0 fully saturated rings. The van der Waals surface area contributed by atoms with Crippen molar-refractivity contribution in [2.24, 2.45) is 0 Å². The van der Waals surface area contributed by atoms with Gasteiger partial charge in [0.05, 0.1) is 0 Å². The Morgan fingerprint density at radius 3 is 2.53 bits per heavy atom. The lowest BCUT2D eigenvalue weighted by atomic mass is 10.2. The average Bonchev–Trinajstić information content (AvgIpc) is 2.64. The molecule has 0 N–H and O–H groups in total. The Hall–Kier alpha value is -1.86. The van der Waals surface area contributed by atoms with Crippen LogP contribution < -0.4 is 0 Å². The first kappa shape index (κ1) is 11.2. The fourth-order valence-electron chi connectivity index (χ4n) is 1.58. The second-order valence-corrected chi connectivity index (χ2v) is 3.15. The maximum atomic E-state index is 8.12. The van der Waals surface area contributed by atoms with E-state index < -0.39 is 0 Å². The van der Waals surface area contributed by atoms with Crippen LogP contribution in [-0.4, -0.2) is 10.7 Å². The summed E-state index contributed by atoms with van der Waals surface area (Å²) in [5, 5.41) is 1.34. The largest absolute Gasteiger partial charge is 0.373 e. The molecule has 0 bridgehead atoms. The van der Waals surface area contributed by atoms with Gasteiger partial charge in [0.15, 0.2) is 0 Å². The Morgan fingerprint density at radius 2 is 1.87 bits per heavy atom. The van der Waals surface area contributed by atoms with E-state index in [0.29, 0.717) is 0 Å². The summed E-state index contributed by atoms with van der Waals surface area (Å²) < 4.78 is 2.30. The maximum Gasteiger partial charge on any atom is 0.373 e. The second kappa shape index (κ2) is 5.78. The van der Waals surface area contributed by atoms with Crippen molar-refractivity contribution in [1.82, 2.24) is 4.57 Å². The molecule has 3 heteroatoms. The monoisotopic (exact) mass is 203 g/mol. The minimum Gasteiger partial charge on any atom is -0.347 e. The van der Waals surface area contributed by atoms with E-state index in [4.69, 9.17) is 9.59 Å². The zero-order chi connectivity index (χ0) is 11.1. The van der Waals surface area contributed by atoms with Gasteiger partial charge < -0.3 is 4.57 Å². The van der Waals surface area contributed by atoms with Gasteiger partial charge in [-0.2, -0.15) is 9.59 Å². The third-order valence-electron chi connectivity index (χ3n) is 2.14. The first-order chi connectivity index (χ1) is 7.33. The molecule has 0 aliphatic carbocycles. The van der Waals surface area contributed by atoms with Gasteiger partial charge in [-0.05, 0) is 23.9 Å². The van der Waals surface area contributed by atoms with Crippen molar-refractivity contribution in [3.63, 3.8) is 0 Å². The molecule has 1 heterocycles. The van der Waals surface area contributed by atoms with Gasteiger partial charge in [-0.25, -0.2) is 0 Å². The summed E-state index contributed by atoms with van der Waals surface area (Å²) in [6.07, 6.45) is 3.60. The van der Waals surface area contributed by atoms with Crippen LogP contribution in [0.1, 0.15) is 13.3 Å². The van der Waals surface area contributed by atoms with Crippen LogP contribution in [0.2, 0.25) is 0 Å². The van der Waals surface area contributed by atoms with Gasteiger partial charge in [-0.3, -0.25) is 0 Å². The molecule has 3 nitrogen and oxygen atoms in total. The van der Waals surface area contributed by atoms with Crippen molar-refractivity contribution < 1.29 is 9.59 Å². The van der Waals surface area contributed by atoms with E-state index in [1.807, 2.05) is 0 Å². The van der Waals surface area contributed by atoms with Crippen LogP contribution in [0, 0.1) is 0 Å². The highest BCUT2D eigenvalue weighted by Crippen LogP contribution is 2.14. The SMILES string of the molecule is CCCn1ccc2ccccc21.O=C=O. The first-order valence-electron chi connectivity index (χ1n) is 4.86. The fourth-order valence-corrected chi connectivity index (χ4v) is 1.58. The zero-order valence-electron chi connectivity index (χ0n) is 8.64. The van der Waals surface area contributed by atoms with E-state index >= 15 is 0 Å². The molecule has 1 aromatic heterocycles. The predicted octanol–water partition coefficient (Wildman–Crippen LogP) is 2.47. The van der Waals surface area contributed by atoms with Gasteiger partial charge in [0, 0.05) is 18.3 Å². The molecule has 78 valence electrons. The number of carbonyl (C=O) groups excluding carboxylic acids is 2. The normalized spacial score (nSPS) is 9.13. The molecule has 0 atom stereocenters. The van der Waals surface area contributed by atoms with Crippen LogP contribution >= 0.6 is 0 Å². The Kier molecular flexibility index (Phi) is 4.32. The first-order valence-corrected chi connectivity index (χ1v) is 4.86. The molecule has 0 spiro atoms. The van der Waals surface area contributed by atoms with E-state index in [-0.39, 0.29) is 6.15 Å². The number of aryl methyl sites for hydroxylation is 1. The predicted molar refractivity (Wildman–Crippen MR) is 57.2 cm³/mol. The minimum absolute atomic E-state index is 0.250. The number of fused-ring (bicyclic) bond motifs is 1. The minimum atomic E-state index is 0.250. The van der Waals surface area contributed by atoms with Crippen LogP contribution in [0.4, 0.5) is 0 Å². The van der Waals surface area contributed by atoms with Crippen molar-refractivity contribution in [3.8, 4) is 0 Å². The van der Waals surface area contributed by atoms with Crippen molar-refractivity contribution in [3.05, 3.63) is 36.5 Å². The van der Waals surface area contributed by atoms with Crippen molar-refractivity contribution in [1.29, 1.82) is 0 Å². The van der Waals surface area contributed by atoms with Gasteiger partial charge in [-0.15, -0.1) is 0 Å². The van der Waals surface area contributed by atoms with E-state index in [1.165, 1.54) is 17.3 Å². The van der Waals surface area contributed by atoms with E-state index in [2.05, 4.69) is 48.0 Å². The van der Waals surface area contributed by atoms with Crippen LogP contribution in [0.5, 0.6) is 0 Å². The fraction of sp³-hybridized carbons (Fsp3) is 0.250. The Labute approximate surface area is 88.3 Å². The van der Waals surface area contributed by atoms with Gasteiger partial charge in [0.1, 0.15) is 0 Å². The number of para-hydroxylation sites is 1. The number of hydrogen-bond donors (Lipinski definition) is 0. The summed E-state index contributed by atoms with van der Waals surface area (Å²) in [6.45, 7) is 3.32. The Bertz CT molecular complexity index is 453. The average molecular weight is 203 g/mol. The summed E-state index contributed by atoms with van der Waals surface area (Å²) in [4.78, 5) is 16.2. The quantitative estimate of drug-likeness (QED) is 0.752. The highest BCUT2D eigenvalue weighted by atomic mass is 16.2. The molecule has 0 saturated carbocycles. The smallest absolute Gasteiger partial charge is 0.347 e. The highest BCUT2D eigenvalue weighted by Gasteiger charge is 1.96. The lowest BCUT2D eigenvalue weighted by molar-refractivity contribution is -0.191. The molecular formula is C12H13NO2. The molecule has 2 aromatic rings. The van der Waals surface area contributed by atoms with Crippen LogP contribution in [0.3, 0.4) is 0 Å². The van der Waals surface area contributed by atoms with Crippen molar-refractivity contribution >= 4 is 17.1 Å². The summed E-state index contributed by atoms with van der Waals surface area (Å²) in [6, 6.07) is 10.7. The lowest BCUT2D eigenvalue weighted by Crippen LogP contribution is -1.92. The molecule has 0 unspecified atom stereocenters. The summed E-state index contributed by atoms with van der Waals surface area (Å²) in [5.74, 6) is 0. The highest BCUT2D eigenvalue weighted by molar-refractivity contribution is 5.79. The van der Waals surface area contributed by atoms with Crippen LogP contribution in [0.15, 0.2) is 36.5 Å². The number of nitrogens with zero attached hydrogens (tertiary/aromatic N) is 1. The zero-order valence-corrected chi connectivity index (χ0v) is 8.64. The third-order valence-corrected chi connectivity index (χ3v) is 2.14. The molecule has 0 aliphatic rings. The van der Waals surface area contributed by atoms with E-state index in [0.717, 1.165) is 6.54 Å². The van der Waals surface area contributed by atoms with Gasteiger partial charge in [0.2, 0.25) is 0 Å². The molecular weight excluding hydrogens is 190 g/mol. The Balaban J connectivity index is 0.000000337. The Morgan fingerprint density at radius 1 is 1.20 bits per heavy atom. The van der Waals surface area contributed by atoms with E-state index in [9.17, 15) is 0 Å². The number of hydrogen-bond acceptors (Lipinski definition) is 2. The number of benzene rings is 1. The molecule has 0 aliphatic heterocycles. The third kappa shape index (κ3) is 2.79. The van der Waals surface area contributed by atoms with Crippen LogP contribution in [-0.2, 0) is 16.1 Å². The van der Waals surface area contributed by atoms with Crippen molar-refractivity contribution in [2.75, 3.05) is 0 Å². The number of rotatable bonds is 2. The second-order valence-electron chi connectivity index (χ2n) is 3.15. The summed E-state index contributed by atoms with van der Waals surface area (Å²) in [5.41, 5.74) is 1.35. The molecule has 2 rings (SSSR count). The topological polar surface area (TPSA) is 39.1 Å². The van der Waals surface area contributed by atoms with Gasteiger partial charge in [0.25, 0.3) is 0 Å². The molecule has 1 aromatic carbocycles. The van der Waals surface area contributed by atoms with Crippen LogP contribution in [0.25, 0.3) is 10.9 Å². The lowest BCUT2D eigenvalue weighted by Gasteiger charge is -2.01. The van der Waals surface area contributed by atoms with E-state index in [1.54, 1.807) is 0 Å². The standard InChI is InChI=1S/C11H13N.CO2/c1-2-8-12-9-7-10-5-3-4-6-11(10)12;2-1-3/h3-7,9H,2,8H2,1H3;. The molecule has 0 saturated heterocycles. The molecule has 0 amide bonds. The van der Waals surface area contributed by atoms with Gasteiger partial charge in [-0.1, -0.05) is 25.1 Å². The number of aromatic nitrogens is 1. The van der Waals surface area contributed by atoms with Gasteiger partial charge >= 0.3 is 6.15 Å². The maximum absolute atomic E-state index is 8.12. The summed E-state index contributed by atoms with van der Waals surface area (Å²) in [7, 11) is 0. The molecule has 15 heavy (non-hydrogen) atoms. The summed E-state index contributed by atoms with van der Waals surface area (Å²) >= 11 is 0.